The van der Waals surface area contributed by atoms with Crippen LogP contribution >= 0.6 is 11.3 Å². The number of amides is 1. The van der Waals surface area contributed by atoms with Crippen molar-refractivity contribution >= 4 is 28.7 Å². The van der Waals surface area contributed by atoms with E-state index >= 15 is 0 Å². The van der Waals surface area contributed by atoms with E-state index < -0.39 is 5.54 Å². The Hall–Kier alpha value is -2.18. The number of Topliss-reactive ketones (excluding diaryl/α,β-unsaturated/α-hetero) is 1. The zero-order chi connectivity index (χ0) is 17.3. The zero-order valence-corrected chi connectivity index (χ0v) is 14.7. The van der Waals surface area contributed by atoms with E-state index in [4.69, 9.17) is 4.74 Å². The molecule has 2 aliphatic rings. The Morgan fingerprint density at radius 1 is 1.04 bits per heavy atom. The monoisotopic (exact) mass is 356 g/mol. The topological polar surface area (TPSA) is 58.6 Å². The molecule has 3 heterocycles. The van der Waals surface area contributed by atoms with Crippen molar-refractivity contribution in [3.63, 3.8) is 0 Å². The van der Waals surface area contributed by atoms with Gasteiger partial charge in [0, 0.05) is 25.2 Å². The van der Waals surface area contributed by atoms with Crippen LogP contribution in [0.15, 0.2) is 41.1 Å². The van der Waals surface area contributed by atoms with Crippen molar-refractivity contribution in [1.82, 2.24) is 5.32 Å². The number of rotatable bonds is 3. The molecule has 1 N–H and O–H groups in total. The second-order valence-electron chi connectivity index (χ2n) is 6.50. The van der Waals surface area contributed by atoms with Gasteiger partial charge in [-0.15, -0.1) is 0 Å². The molecule has 1 aromatic carbocycles. The molecule has 4 rings (SSSR count). The second-order valence-corrected chi connectivity index (χ2v) is 7.28. The third kappa shape index (κ3) is 3.07. The summed E-state index contributed by atoms with van der Waals surface area (Å²) in [6.07, 6.45) is 0.268. The van der Waals surface area contributed by atoms with Gasteiger partial charge >= 0.3 is 0 Å². The summed E-state index contributed by atoms with van der Waals surface area (Å²) in [7, 11) is 0. The van der Waals surface area contributed by atoms with E-state index in [1.807, 2.05) is 29.0 Å². The first kappa shape index (κ1) is 16.3. The third-order valence-corrected chi connectivity index (χ3v) is 5.61. The number of carbonyl (C=O) groups excluding carboxylic acids is 2. The van der Waals surface area contributed by atoms with Crippen molar-refractivity contribution in [2.75, 3.05) is 31.2 Å². The maximum absolute atomic E-state index is 12.2. The number of ketones is 1. The molecule has 0 saturated carbocycles. The molecular formula is C19H20N2O3S. The quantitative estimate of drug-likeness (QED) is 0.858. The fourth-order valence-electron chi connectivity index (χ4n) is 3.66. The summed E-state index contributed by atoms with van der Waals surface area (Å²) >= 11 is 1.57. The van der Waals surface area contributed by atoms with Crippen molar-refractivity contribution in [3.8, 4) is 0 Å². The van der Waals surface area contributed by atoms with E-state index in [0.717, 1.165) is 43.1 Å². The second kappa shape index (κ2) is 6.61. The predicted molar refractivity (Wildman–Crippen MR) is 97.0 cm³/mol. The molecule has 2 fully saturated rings. The van der Waals surface area contributed by atoms with Crippen molar-refractivity contribution in [1.29, 1.82) is 0 Å². The van der Waals surface area contributed by atoms with Gasteiger partial charge in [0.15, 0.2) is 0 Å². The number of thiophene rings is 1. The van der Waals surface area contributed by atoms with Gasteiger partial charge in [0.05, 0.1) is 25.2 Å². The summed E-state index contributed by atoms with van der Waals surface area (Å²) < 4.78 is 5.40. The maximum atomic E-state index is 12.2. The van der Waals surface area contributed by atoms with Gasteiger partial charge in [-0.25, -0.2) is 0 Å². The predicted octanol–water partition coefficient (Wildman–Crippen LogP) is 2.31. The van der Waals surface area contributed by atoms with Crippen molar-refractivity contribution in [2.45, 2.75) is 18.4 Å². The highest BCUT2D eigenvalue weighted by Gasteiger charge is 2.42. The van der Waals surface area contributed by atoms with Crippen LogP contribution in [0.25, 0.3) is 0 Å². The lowest BCUT2D eigenvalue weighted by atomic mass is 9.77. The van der Waals surface area contributed by atoms with Gasteiger partial charge < -0.3 is 15.0 Å². The number of morpholine rings is 1. The number of piperidine rings is 1. The van der Waals surface area contributed by atoms with Gasteiger partial charge in [-0.3, -0.25) is 9.59 Å². The van der Waals surface area contributed by atoms with Crippen LogP contribution in [0.5, 0.6) is 0 Å². The van der Waals surface area contributed by atoms with Crippen LogP contribution in [-0.4, -0.2) is 38.0 Å². The molecule has 6 heteroatoms. The molecule has 1 atom stereocenters. The van der Waals surface area contributed by atoms with E-state index in [-0.39, 0.29) is 18.1 Å². The number of hydrogen-bond donors (Lipinski definition) is 1. The molecule has 0 bridgehead atoms. The molecule has 5 nitrogen and oxygen atoms in total. The van der Waals surface area contributed by atoms with Gasteiger partial charge in [0.25, 0.3) is 0 Å². The molecule has 1 amide bonds. The minimum absolute atomic E-state index is 0.0211. The first-order valence-electron chi connectivity index (χ1n) is 8.46. The van der Waals surface area contributed by atoms with E-state index in [1.165, 1.54) is 0 Å². The average Bonchev–Trinajstić information content (AvgIpc) is 3.17. The molecular weight excluding hydrogens is 336 g/mol. The lowest BCUT2D eigenvalue weighted by Gasteiger charge is -2.38. The van der Waals surface area contributed by atoms with Crippen molar-refractivity contribution < 1.29 is 14.3 Å². The van der Waals surface area contributed by atoms with Gasteiger partial charge in [-0.1, -0.05) is 12.1 Å². The number of anilines is 1. The molecule has 0 spiro atoms. The van der Waals surface area contributed by atoms with Gasteiger partial charge in [0.1, 0.15) is 5.78 Å². The number of nitrogens with one attached hydrogen (secondary N) is 1. The van der Waals surface area contributed by atoms with E-state index in [2.05, 4.69) is 22.3 Å². The molecule has 2 aromatic rings. The van der Waals surface area contributed by atoms with Crippen LogP contribution in [0.4, 0.5) is 5.69 Å². The molecule has 25 heavy (non-hydrogen) atoms. The number of benzene rings is 1. The molecule has 2 saturated heterocycles. The highest BCUT2D eigenvalue weighted by molar-refractivity contribution is 7.08. The van der Waals surface area contributed by atoms with Crippen LogP contribution in [0.2, 0.25) is 0 Å². The Morgan fingerprint density at radius 3 is 2.44 bits per heavy atom. The molecule has 1 unspecified atom stereocenters. The summed E-state index contributed by atoms with van der Waals surface area (Å²) in [5, 5.41) is 7.08. The van der Waals surface area contributed by atoms with Crippen molar-refractivity contribution in [3.05, 3.63) is 52.2 Å². The Kier molecular flexibility index (Phi) is 4.31. The first-order chi connectivity index (χ1) is 12.2. The minimum Gasteiger partial charge on any atom is -0.378 e. The number of hydrogen-bond acceptors (Lipinski definition) is 5. The fourth-order valence-corrected chi connectivity index (χ4v) is 4.39. The summed E-state index contributed by atoms with van der Waals surface area (Å²) in [5.74, 6) is -0.230. The Labute approximate surface area is 150 Å². The first-order valence-corrected chi connectivity index (χ1v) is 9.40. The van der Waals surface area contributed by atoms with E-state index in [1.54, 1.807) is 11.3 Å². The van der Waals surface area contributed by atoms with Crippen LogP contribution in [0.1, 0.15) is 24.0 Å². The smallest absolute Gasteiger partial charge is 0.228 e. The molecule has 1 aromatic heterocycles. The summed E-state index contributed by atoms with van der Waals surface area (Å²) in [4.78, 5) is 26.6. The molecule has 2 aliphatic heterocycles. The van der Waals surface area contributed by atoms with Gasteiger partial charge in [-0.05, 0) is 40.1 Å². The molecule has 0 radical (unpaired) electrons. The van der Waals surface area contributed by atoms with Crippen LogP contribution in [-0.2, 0) is 19.9 Å². The maximum Gasteiger partial charge on any atom is 0.228 e. The zero-order valence-electron chi connectivity index (χ0n) is 13.9. The standard InChI is InChI=1S/C19H20N2O3S/c22-17-11-18(23)20-19(12-17,15-5-10-25-13-15)14-1-3-16(4-2-14)21-6-8-24-9-7-21/h1-5,10,13H,6-9,11-12H2,(H,20,23). The Balaban J connectivity index is 1.70. The van der Waals surface area contributed by atoms with Crippen LogP contribution in [0.3, 0.4) is 0 Å². The highest BCUT2D eigenvalue weighted by Crippen LogP contribution is 2.38. The Bertz CT molecular complexity index is 748. The van der Waals surface area contributed by atoms with E-state index in [9.17, 15) is 9.59 Å². The fraction of sp³-hybridized carbons (Fsp3) is 0.368. The van der Waals surface area contributed by atoms with Crippen LogP contribution < -0.4 is 10.2 Å². The van der Waals surface area contributed by atoms with Gasteiger partial charge in [0.2, 0.25) is 5.91 Å². The number of nitrogens with zero attached hydrogens (tertiary/aromatic N) is 1. The number of ether oxygens (including phenoxy) is 1. The largest absolute Gasteiger partial charge is 0.378 e. The normalized spacial score (nSPS) is 24.2. The van der Waals surface area contributed by atoms with Crippen LogP contribution in [0, 0.1) is 0 Å². The summed E-state index contributed by atoms with van der Waals surface area (Å²) in [5.41, 5.74) is 2.30. The summed E-state index contributed by atoms with van der Waals surface area (Å²) in [6, 6.07) is 10.2. The SMILES string of the molecule is O=C1CC(=O)NC(c2ccc(N3CCOCC3)cc2)(c2ccsc2)C1. The van der Waals surface area contributed by atoms with Gasteiger partial charge in [-0.2, -0.15) is 11.3 Å². The lowest BCUT2D eigenvalue weighted by Crippen LogP contribution is -2.52. The van der Waals surface area contributed by atoms with E-state index in [0.29, 0.717) is 6.42 Å². The highest BCUT2D eigenvalue weighted by atomic mass is 32.1. The Morgan fingerprint density at radius 2 is 1.80 bits per heavy atom. The summed E-state index contributed by atoms with van der Waals surface area (Å²) in [6.45, 7) is 3.24. The lowest BCUT2D eigenvalue weighted by molar-refractivity contribution is -0.133. The molecule has 0 aliphatic carbocycles. The number of carbonyl (C=O) groups is 2. The third-order valence-electron chi connectivity index (χ3n) is 4.92. The molecule has 130 valence electrons. The average molecular weight is 356 g/mol. The van der Waals surface area contributed by atoms with Crippen molar-refractivity contribution in [2.24, 2.45) is 0 Å². The minimum atomic E-state index is -0.754.